The summed E-state index contributed by atoms with van der Waals surface area (Å²) in [6, 6.07) is 9.23. The number of hydrogen-bond donors (Lipinski definition) is 1. The lowest BCUT2D eigenvalue weighted by atomic mass is 10.1. The molecule has 1 atom stereocenters. The number of rotatable bonds is 6. The Morgan fingerprint density at radius 1 is 1.15 bits per heavy atom. The lowest BCUT2D eigenvalue weighted by molar-refractivity contribution is -0.139. The van der Waals surface area contributed by atoms with Gasteiger partial charge in [-0.1, -0.05) is 44.2 Å². The molecule has 4 heteroatoms. The molecule has 0 radical (unpaired) electrons. The van der Waals surface area contributed by atoms with Crippen molar-refractivity contribution in [1.29, 1.82) is 0 Å². The van der Waals surface area contributed by atoms with E-state index in [0.29, 0.717) is 19.0 Å². The van der Waals surface area contributed by atoms with Crippen LogP contribution in [0.4, 0.5) is 0 Å². The van der Waals surface area contributed by atoms with Crippen LogP contribution in [0.25, 0.3) is 0 Å². The summed E-state index contributed by atoms with van der Waals surface area (Å²) in [7, 11) is 0. The quantitative estimate of drug-likeness (QED) is 0.866. The highest BCUT2D eigenvalue weighted by atomic mass is 16.2. The van der Waals surface area contributed by atoms with E-state index >= 15 is 0 Å². The number of benzene rings is 1. The van der Waals surface area contributed by atoms with E-state index in [4.69, 9.17) is 0 Å². The van der Waals surface area contributed by atoms with Crippen LogP contribution in [0.1, 0.15) is 33.3 Å². The molecule has 0 heterocycles. The first-order valence-electron chi connectivity index (χ1n) is 7.00. The normalized spacial score (nSPS) is 12.1. The maximum Gasteiger partial charge on any atom is 0.242 e. The Labute approximate surface area is 121 Å². The van der Waals surface area contributed by atoms with E-state index in [1.54, 1.807) is 11.8 Å². The zero-order chi connectivity index (χ0) is 15.1. The molecule has 0 saturated heterocycles. The zero-order valence-corrected chi connectivity index (χ0v) is 12.7. The largest absolute Gasteiger partial charge is 0.354 e. The summed E-state index contributed by atoms with van der Waals surface area (Å²) in [6.45, 7) is 8.41. The van der Waals surface area contributed by atoms with Crippen LogP contribution in [0.3, 0.4) is 0 Å². The Balaban J connectivity index is 2.70. The van der Waals surface area contributed by atoms with E-state index in [0.717, 1.165) is 5.56 Å². The van der Waals surface area contributed by atoms with Crippen molar-refractivity contribution in [3.05, 3.63) is 35.9 Å². The second-order valence-corrected chi connectivity index (χ2v) is 5.45. The van der Waals surface area contributed by atoms with Crippen molar-refractivity contribution in [2.75, 3.05) is 6.54 Å². The number of amides is 2. The van der Waals surface area contributed by atoms with Crippen molar-refractivity contribution in [2.45, 2.75) is 40.3 Å². The molecule has 0 bridgehead atoms. The van der Waals surface area contributed by atoms with Gasteiger partial charge in [-0.05, 0) is 18.4 Å². The highest BCUT2D eigenvalue weighted by Gasteiger charge is 2.23. The van der Waals surface area contributed by atoms with Gasteiger partial charge in [-0.2, -0.15) is 0 Å². The van der Waals surface area contributed by atoms with Crippen LogP contribution in [0.2, 0.25) is 0 Å². The van der Waals surface area contributed by atoms with E-state index in [1.165, 1.54) is 6.92 Å². The van der Waals surface area contributed by atoms with Crippen LogP contribution in [0.15, 0.2) is 30.3 Å². The van der Waals surface area contributed by atoms with Gasteiger partial charge in [0.15, 0.2) is 0 Å². The van der Waals surface area contributed by atoms with E-state index in [1.807, 2.05) is 44.2 Å². The average Bonchev–Trinajstić information content (AvgIpc) is 2.42. The molecular formula is C16H24N2O2. The zero-order valence-electron chi connectivity index (χ0n) is 12.7. The maximum absolute atomic E-state index is 12.1. The van der Waals surface area contributed by atoms with Crippen molar-refractivity contribution < 1.29 is 9.59 Å². The molecule has 1 aromatic carbocycles. The van der Waals surface area contributed by atoms with Gasteiger partial charge in [-0.25, -0.2) is 0 Å². The van der Waals surface area contributed by atoms with Gasteiger partial charge in [0.25, 0.3) is 0 Å². The maximum atomic E-state index is 12.1. The molecule has 1 aromatic rings. The highest BCUT2D eigenvalue weighted by Crippen LogP contribution is 2.09. The molecule has 0 aliphatic rings. The van der Waals surface area contributed by atoms with Gasteiger partial charge in [-0.3, -0.25) is 9.59 Å². The Bertz CT molecular complexity index is 443. The van der Waals surface area contributed by atoms with Crippen LogP contribution in [0.5, 0.6) is 0 Å². The van der Waals surface area contributed by atoms with Crippen molar-refractivity contribution in [3.63, 3.8) is 0 Å². The standard InChI is InChI=1S/C16H24N2O2/c1-12(2)10-17-16(20)13(3)18(14(4)19)11-15-8-6-5-7-9-15/h5-9,12-13H,10-11H2,1-4H3,(H,17,20)/t13-/m1/s1. The molecule has 0 saturated carbocycles. The molecule has 0 aliphatic heterocycles. The molecule has 1 N–H and O–H groups in total. The minimum atomic E-state index is -0.466. The molecule has 0 aromatic heterocycles. The predicted octanol–water partition coefficient (Wildman–Crippen LogP) is 2.20. The first kappa shape index (κ1) is 16.2. The molecular weight excluding hydrogens is 252 g/mol. The van der Waals surface area contributed by atoms with Gasteiger partial charge >= 0.3 is 0 Å². The summed E-state index contributed by atoms with van der Waals surface area (Å²) in [5.74, 6) is 0.192. The SMILES string of the molecule is CC(=O)N(Cc1ccccc1)[C@H](C)C(=O)NCC(C)C. The number of nitrogens with zero attached hydrogens (tertiary/aromatic N) is 1. The summed E-state index contributed by atoms with van der Waals surface area (Å²) in [6.07, 6.45) is 0. The fraction of sp³-hybridized carbons (Fsp3) is 0.500. The van der Waals surface area contributed by atoms with Crippen LogP contribution in [-0.2, 0) is 16.1 Å². The summed E-state index contributed by atoms with van der Waals surface area (Å²) in [5, 5.41) is 2.87. The minimum absolute atomic E-state index is 0.0962. The van der Waals surface area contributed by atoms with E-state index < -0.39 is 6.04 Å². The highest BCUT2D eigenvalue weighted by molar-refractivity contribution is 5.86. The van der Waals surface area contributed by atoms with Gasteiger partial charge in [0.05, 0.1) is 0 Å². The van der Waals surface area contributed by atoms with E-state index in [2.05, 4.69) is 5.32 Å². The van der Waals surface area contributed by atoms with Crippen molar-refractivity contribution in [3.8, 4) is 0 Å². The number of nitrogens with one attached hydrogen (secondary N) is 1. The second-order valence-electron chi connectivity index (χ2n) is 5.45. The van der Waals surface area contributed by atoms with Crippen molar-refractivity contribution in [2.24, 2.45) is 5.92 Å². The van der Waals surface area contributed by atoms with Gasteiger partial charge in [0.2, 0.25) is 11.8 Å². The Kier molecular flexibility index (Phi) is 6.22. The summed E-state index contributed by atoms with van der Waals surface area (Å²) >= 11 is 0. The third-order valence-corrected chi connectivity index (χ3v) is 3.13. The number of hydrogen-bond acceptors (Lipinski definition) is 2. The predicted molar refractivity (Wildman–Crippen MR) is 80.0 cm³/mol. The molecule has 20 heavy (non-hydrogen) atoms. The second kappa shape index (κ2) is 7.68. The fourth-order valence-corrected chi connectivity index (χ4v) is 1.90. The number of carbonyl (C=O) groups is 2. The first-order valence-corrected chi connectivity index (χ1v) is 7.00. The van der Waals surface area contributed by atoms with Gasteiger partial charge in [-0.15, -0.1) is 0 Å². The van der Waals surface area contributed by atoms with Gasteiger partial charge in [0.1, 0.15) is 6.04 Å². The average molecular weight is 276 g/mol. The Hall–Kier alpha value is -1.84. The molecule has 0 aliphatic carbocycles. The summed E-state index contributed by atoms with van der Waals surface area (Å²) < 4.78 is 0. The lowest BCUT2D eigenvalue weighted by Crippen LogP contribution is -2.47. The third-order valence-electron chi connectivity index (χ3n) is 3.13. The summed E-state index contributed by atoms with van der Waals surface area (Å²) in [5.41, 5.74) is 1.02. The molecule has 1 rings (SSSR count). The van der Waals surface area contributed by atoms with E-state index in [-0.39, 0.29) is 11.8 Å². The van der Waals surface area contributed by atoms with Crippen molar-refractivity contribution >= 4 is 11.8 Å². The third kappa shape index (κ3) is 5.03. The summed E-state index contributed by atoms with van der Waals surface area (Å²) in [4.78, 5) is 25.4. The molecule has 4 nitrogen and oxygen atoms in total. The molecule has 0 spiro atoms. The van der Waals surface area contributed by atoms with Crippen LogP contribution in [-0.4, -0.2) is 29.3 Å². The Morgan fingerprint density at radius 3 is 2.25 bits per heavy atom. The Morgan fingerprint density at radius 2 is 1.75 bits per heavy atom. The molecule has 2 amide bonds. The van der Waals surface area contributed by atoms with Gasteiger partial charge < -0.3 is 10.2 Å². The smallest absolute Gasteiger partial charge is 0.242 e. The number of carbonyl (C=O) groups excluding carboxylic acids is 2. The molecule has 0 unspecified atom stereocenters. The topological polar surface area (TPSA) is 49.4 Å². The van der Waals surface area contributed by atoms with E-state index in [9.17, 15) is 9.59 Å². The fourth-order valence-electron chi connectivity index (χ4n) is 1.90. The molecule has 110 valence electrons. The minimum Gasteiger partial charge on any atom is -0.354 e. The first-order chi connectivity index (χ1) is 9.41. The lowest BCUT2D eigenvalue weighted by Gasteiger charge is -2.27. The van der Waals surface area contributed by atoms with Crippen LogP contribution in [0, 0.1) is 5.92 Å². The van der Waals surface area contributed by atoms with Crippen LogP contribution >= 0.6 is 0 Å². The van der Waals surface area contributed by atoms with Crippen LogP contribution < -0.4 is 5.32 Å². The molecule has 0 fully saturated rings. The van der Waals surface area contributed by atoms with Crippen molar-refractivity contribution in [1.82, 2.24) is 10.2 Å². The monoisotopic (exact) mass is 276 g/mol. The van der Waals surface area contributed by atoms with Gasteiger partial charge in [0, 0.05) is 20.0 Å².